The van der Waals surface area contributed by atoms with Crippen molar-refractivity contribution in [3.8, 4) is 11.6 Å². The molecular formula is C10H7BrIN3O. The molecule has 0 saturated carbocycles. The van der Waals surface area contributed by atoms with Crippen LogP contribution in [0.5, 0.6) is 11.6 Å². The first kappa shape index (κ1) is 11.6. The molecule has 2 N–H and O–H groups in total. The summed E-state index contributed by atoms with van der Waals surface area (Å²) in [6, 6.07) is 7.64. The van der Waals surface area contributed by atoms with Crippen molar-refractivity contribution >= 4 is 44.3 Å². The van der Waals surface area contributed by atoms with Gasteiger partial charge in [-0.2, -0.15) is 0 Å². The molecule has 1 aromatic heterocycles. The normalized spacial score (nSPS) is 10.1. The Morgan fingerprint density at radius 3 is 2.56 bits per heavy atom. The van der Waals surface area contributed by atoms with Crippen LogP contribution in [0.1, 0.15) is 0 Å². The van der Waals surface area contributed by atoms with Gasteiger partial charge in [0.1, 0.15) is 22.4 Å². The molecule has 16 heavy (non-hydrogen) atoms. The zero-order valence-corrected chi connectivity index (χ0v) is 11.8. The van der Waals surface area contributed by atoms with E-state index in [0.717, 1.165) is 3.57 Å². The van der Waals surface area contributed by atoms with Crippen LogP contribution >= 0.6 is 38.5 Å². The van der Waals surface area contributed by atoms with Crippen LogP contribution in [0.2, 0.25) is 0 Å². The van der Waals surface area contributed by atoms with Crippen molar-refractivity contribution < 1.29 is 4.74 Å². The predicted molar refractivity (Wildman–Crippen MR) is 73.4 cm³/mol. The highest BCUT2D eigenvalue weighted by atomic mass is 127. The second-order valence-electron chi connectivity index (χ2n) is 2.93. The number of nitrogen functional groups attached to an aromatic ring is 1. The van der Waals surface area contributed by atoms with Gasteiger partial charge in [-0.05, 0) is 62.8 Å². The molecule has 2 aromatic rings. The third-order valence-electron chi connectivity index (χ3n) is 1.81. The van der Waals surface area contributed by atoms with E-state index in [1.54, 1.807) is 0 Å². The standard InChI is InChI=1S/C10H7BrIN3O/c11-8-9(13)14-5-15-10(8)16-7-3-1-6(12)2-4-7/h1-5H,(H2,13,14,15). The van der Waals surface area contributed by atoms with Crippen molar-refractivity contribution in [2.75, 3.05) is 5.73 Å². The van der Waals surface area contributed by atoms with Crippen molar-refractivity contribution in [1.82, 2.24) is 9.97 Å². The minimum atomic E-state index is 0.357. The van der Waals surface area contributed by atoms with E-state index in [1.165, 1.54) is 6.33 Å². The van der Waals surface area contributed by atoms with Crippen molar-refractivity contribution in [3.05, 3.63) is 38.6 Å². The molecule has 0 amide bonds. The van der Waals surface area contributed by atoms with Crippen LogP contribution in [0.25, 0.3) is 0 Å². The summed E-state index contributed by atoms with van der Waals surface area (Å²) in [6.07, 6.45) is 1.36. The zero-order chi connectivity index (χ0) is 11.5. The Labute approximate surface area is 115 Å². The van der Waals surface area contributed by atoms with Crippen molar-refractivity contribution in [3.63, 3.8) is 0 Å². The molecule has 0 aliphatic heterocycles. The van der Waals surface area contributed by atoms with E-state index in [9.17, 15) is 0 Å². The summed E-state index contributed by atoms with van der Waals surface area (Å²) in [4.78, 5) is 7.83. The smallest absolute Gasteiger partial charge is 0.238 e. The molecule has 0 unspecified atom stereocenters. The molecule has 0 aliphatic rings. The molecule has 0 aliphatic carbocycles. The number of anilines is 1. The Balaban J connectivity index is 2.27. The highest BCUT2D eigenvalue weighted by Gasteiger charge is 2.07. The fourth-order valence-electron chi connectivity index (χ4n) is 1.05. The van der Waals surface area contributed by atoms with Gasteiger partial charge >= 0.3 is 0 Å². The molecule has 0 atom stereocenters. The van der Waals surface area contributed by atoms with E-state index in [2.05, 4.69) is 48.5 Å². The molecule has 2 rings (SSSR count). The Hall–Kier alpha value is -0.890. The van der Waals surface area contributed by atoms with E-state index >= 15 is 0 Å². The van der Waals surface area contributed by atoms with E-state index < -0.39 is 0 Å². The number of hydrogen-bond acceptors (Lipinski definition) is 4. The lowest BCUT2D eigenvalue weighted by molar-refractivity contribution is 0.458. The summed E-state index contributed by atoms with van der Waals surface area (Å²) in [5, 5.41) is 0. The van der Waals surface area contributed by atoms with Crippen LogP contribution in [0.15, 0.2) is 35.1 Å². The quantitative estimate of drug-likeness (QED) is 0.798. The van der Waals surface area contributed by atoms with Gasteiger partial charge in [0.15, 0.2) is 0 Å². The minimum Gasteiger partial charge on any atom is -0.438 e. The monoisotopic (exact) mass is 391 g/mol. The van der Waals surface area contributed by atoms with Crippen molar-refractivity contribution in [2.45, 2.75) is 0 Å². The summed E-state index contributed by atoms with van der Waals surface area (Å²) in [7, 11) is 0. The molecule has 1 heterocycles. The van der Waals surface area contributed by atoms with Gasteiger partial charge in [-0.25, -0.2) is 9.97 Å². The highest BCUT2D eigenvalue weighted by molar-refractivity contribution is 14.1. The van der Waals surface area contributed by atoms with Gasteiger partial charge in [-0.1, -0.05) is 0 Å². The maximum Gasteiger partial charge on any atom is 0.238 e. The average Bonchev–Trinajstić information content (AvgIpc) is 2.28. The van der Waals surface area contributed by atoms with E-state index in [1.807, 2.05) is 24.3 Å². The Morgan fingerprint density at radius 1 is 1.19 bits per heavy atom. The SMILES string of the molecule is Nc1ncnc(Oc2ccc(I)cc2)c1Br. The van der Waals surface area contributed by atoms with Crippen molar-refractivity contribution in [2.24, 2.45) is 0 Å². The summed E-state index contributed by atoms with van der Waals surface area (Å²) >= 11 is 5.50. The van der Waals surface area contributed by atoms with Gasteiger partial charge in [0.2, 0.25) is 5.88 Å². The molecular weight excluding hydrogens is 385 g/mol. The zero-order valence-electron chi connectivity index (χ0n) is 8.02. The third kappa shape index (κ3) is 2.62. The topological polar surface area (TPSA) is 61.0 Å². The van der Waals surface area contributed by atoms with E-state index in [0.29, 0.717) is 21.9 Å². The fourth-order valence-corrected chi connectivity index (χ4v) is 1.70. The van der Waals surface area contributed by atoms with Crippen LogP contribution in [-0.2, 0) is 0 Å². The molecule has 0 bridgehead atoms. The third-order valence-corrected chi connectivity index (χ3v) is 3.28. The Kier molecular flexibility index (Phi) is 3.59. The molecule has 6 heteroatoms. The number of rotatable bonds is 2. The Bertz CT molecular complexity index is 504. The Morgan fingerprint density at radius 2 is 1.88 bits per heavy atom. The minimum absolute atomic E-state index is 0.357. The molecule has 82 valence electrons. The van der Waals surface area contributed by atoms with E-state index in [-0.39, 0.29) is 0 Å². The van der Waals surface area contributed by atoms with Gasteiger partial charge < -0.3 is 10.5 Å². The van der Waals surface area contributed by atoms with Crippen LogP contribution < -0.4 is 10.5 Å². The molecule has 0 radical (unpaired) electrons. The summed E-state index contributed by atoms with van der Waals surface area (Å²) in [5.41, 5.74) is 5.62. The molecule has 0 saturated heterocycles. The lowest BCUT2D eigenvalue weighted by Gasteiger charge is -2.06. The maximum atomic E-state index is 5.62. The lowest BCUT2D eigenvalue weighted by Crippen LogP contribution is -1.96. The number of ether oxygens (including phenoxy) is 1. The summed E-state index contributed by atoms with van der Waals surface area (Å²) < 4.78 is 7.27. The second-order valence-corrected chi connectivity index (χ2v) is 4.97. The van der Waals surface area contributed by atoms with Gasteiger partial charge in [0, 0.05) is 3.57 Å². The average molecular weight is 392 g/mol. The van der Waals surface area contributed by atoms with Crippen LogP contribution in [0.3, 0.4) is 0 Å². The lowest BCUT2D eigenvalue weighted by atomic mass is 10.3. The molecule has 1 aromatic carbocycles. The maximum absolute atomic E-state index is 5.62. The largest absolute Gasteiger partial charge is 0.438 e. The van der Waals surface area contributed by atoms with Gasteiger partial charge in [-0.15, -0.1) is 0 Å². The fraction of sp³-hybridized carbons (Fsp3) is 0. The molecule has 0 spiro atoms. The number of aromatic nitrogens is 2. The number of benzene rings is 1. The van der Waals surface area contributed by atoms with Crippen molar-refractivity contribution in [1.29, 1.82) is 0 Å². The van der Waals surface area contributed by atoms with Gasteiger partial charge in [-0.3, -0.25) is 0 Å². The number of halogens is 2. The first-order valence-electron chi connectivity index (χ1n) is 4.36. The van der Waals surface area contributed by atoms with Crippen LogP contribution in [0, 0.1) is 3.57 Å². The number of nitrogens with zero attached hydrogens (tertiary/aromatic N) is 2. The van der Waals surface area contributed by atoms with Crippen LogP contribution in [-0.4, -0.2) is 9.97 Å². The van der Waals surface area contributed by atoms with Crippen LogP contribution in [0.4, 0.5) is 5.82 Å². The summed E-state index contributed by atoms with van der Waals surface area (Å²) in [5.74, 6) is 1.48. The first-order valence-corrected chi connectivity index (χ1v) is 6.23. The molecule has 4 nitrogen and oxygen atoms in total. The number of hydrogen-bond donors (Lipinski definition) is 1. The summed E-state index contributed by atoms with van der Waals surface area (Å²) in [6.45, 7) is 0. The van der Waals surface area contributed by atoms with Gasteiger partial charge in [0.05, 0.1) is 0 Å². The number of nitrogens with two attached hydrogens (primary N) is 1. The van der Waals surface area contributed by atoms with Gasteiger partial charge in [0.25, 0.3) is 0 Å². The predicted octanol–water partition coefficient (Wildman–Crippen LogP) is 3.22. The first-order chi connectivity index (χ1) is 7.66. The second kappa shape index (κ2) is 4.96. The van der Waals surface area contributed by atoms with E-state index in [4.69, 9.17) is 10.5 Å². The highest BCUT2D eigenvalue weighted by Crippen LogP contribution is 2.30. The molecule has 0 fully saturated rings.